The summed E-state index contributed by atoms with van der Waals surface area (Å²) in [5, 5.41) is 3.11. The van der Waals surface area contributed by atoms with Gasteiger partial charge in [-0.2, -0.15) is 0 Å². The van der Waals surface area contributed by atoms with Crippen LogP contribution >= 0.6 is 0 Å². The Morgan fingerprint density at radius 3 is 2.39 bits per heavy atom. The van der Waals surface area contributed by atoms with Crippen LogP contribution in [-0.4, -0.2) is 11.9 Å². The van der Waals surface area contributed by atoms with Crippen molar-refractivity contribution in [3.63, 3.8) is 0 Å². The van der Waals surface area contributed by atoms with Gasteiger partial charge in [-0.1, -0.05) is 33.1 Å². The fraction of sp³-hybridized carbons (Fsp3) is 0.533. The van der Waals surface area contributed by atoms with E-state index in [4.69, 9.17) is 5.73 Å². The van der Waals surface area contributed by atoms with Crippen LogP contribution in [-0.2, 0) is 0 Å². The number of amides is 1. The average Bonchev–Trinajstić information content (AvgIpc) is 2.37. The maximum Gasteiger partial charge on any atom is 0.251 e. The van der Waals surface area contributed by atoms with E-state index >= 15 is 0 Å². The number of carbonyl (C=O) groups excluding carboxylic acids is 1. The Hall–Kier alpha value is -1.51. The van der Waals surface area contributed by atoms with E-state index in [0.29, 0.717) is 17.3 Å². The second-order valence-corrected chi connectivity index (χ2v) is 4.72. The van der Waals surface area contributed by atoms with Crippen molar-refractivity contribution in [2.24, 2.45) is 0 Å². The van der Waals surface area contributed by atoms with Gasteiger partial charge >= 0.3 is 0 Å². The van der Waals surface area contributed by atoms with Gasteiger partial charge in [0.25, 0.3) is 5.91 Å². The van der Waals surface area contributed by atoms with Gasteiger partial charge < -0.3 is 11.1 Å². The summed E-state index contributed by atoms with van der Waals surface area (Å²) in [5.74, 6) is 0.00422. The summed E-state index contributed by atoms with van der Waals surface area (Å²) in [5.41, 5.74) is 6.98. The van der Waals surface area contributed by atoms with E-state index in [1.54, 1.807) is 24.3 Å². The largest absolute Gasteiger partial charge is 0.399 e. The molecule has 0 heterocycles. The van der Waals surface area contributed by atoms with Crippen molar-refractivity contribution < 1.29 is 4.79 Å². The van der Waals surface area contributed by atoms with Crippen LogP contribution in [0.3, 0.4) is 0 Å². The molecule has 1 rings (SSSR count). The van der Waals surface area contributed by atoms with Crippen LogP contribution in [0.2, 0.25) is 0 Å². The molecule has 1 amide bonds. The predicted octanol–water partition coefficient (Wildman–Crippen LogP) is 3.36. The van der Waals surface area contributed by atoms with Crippen molar-refractivity contribution in [2.75, 3.05) is 5.73 Å². The lowest BCUT2D eigenvalue weighted by Crippen LogP contribution is -2.34. The molecular weight excluding hydrogens is 224 g/mol. The highest BCUT2D eigenvalue weighted by Crippen LogP contribution is 2.10. The molecule has 100 valence electrons. The number of anilines is 1. The van der Waals surface area contributed by atoms with E-state index in [1.165, 1.54) is 0 Å². The third-order valence-corrected chi connectivity index (χ3v) is 3.05. The fourth-order valence-electron chi connectivity index (χ4n) is 1.99. The number of benzene rings is 1. The van der Waals surface area contributed by atoms with Gasteiger partial charge in [0.15, 0.2) is 0 Å². The highest BCUT2D eigenvalue weighted by molar-refractivity contribution is 5.94. The van der Waals surface area contributed by atoms with Crippen LogP contribution < -0.4 is 11.1 Å². The molecular formula is C15H24N2O. The van der Waals surface area contributed by atoms with Crippen molar-refractivity contribution in [3.8, 4) is 0 Å². The average molecular weight is 248 g/mol. The zero-order chi connectivity index (χ0) is 13.4. The minimum Gasteiger partial charge on any atom is -0.399 e. The Kier molecular flexibility index (Phi) is 6.26. The predicted molar refractivity (Wildman–Crippen MR) is 76.5 cm³/mol. The Balaban J connectivity index is 2.56. The topological polar surface area (TPSA) is 55.1 Å². The Morgan fingerprint density at radius 2 is 1.83 bits per heavy atom. The maximum atomic E-state index is 12.1. The highest BCUT2D eigenvalue weighted by Gasteiger charge is 2.12. The first-order chi connectivity index (χ1) is 8.67. The molecule has 0 aromatic heterocycles. The number of hydrogen-bond acceptors (Lipinski definition) is 2. The van der Waals surface area contributed by atoms with Gasteiger partial charge in [-0.15, -0.1) is 0 Å². The summed E-state index contributed by atoms with van der Waals surface area (Å²) in [6, 6.07) is 7.35. The molecule has 3 heteroatoms. The van der Waals surface area contributed by atoms with Gasteiger partial charge in [0.1, 0.15) is 0 Å². The molecule has 1 atom stereocenters. The summed E-state index contributed by atoms with van der Waals surface area (Å²) < 4.78 is 0. The molecule has 0 saturated heterocycles. The van der Waals surface area contributed by atoms with E-state index in [1.807, 2.05) is 0 Å². The molecule has 0 aliphatic carbocycles. The number of nitrogen functional groups attached to an aromatic ring is 1. The zero-order valence-electron chi connectivity index (χ0n) is 11.4. The summed E-state index contributed by atoms with van der Waals surface area (Å²) in [7, 11) is 0. The fourth-order valence-corrected chi connectivity index (χ4v) is 1.99. The van der Waals surface area contributed by atoms with E-state index in [0.717, 1.165) is 32.1 Å². The number of rotatable bonds is 7. The van der Waals surface area contributed by atoms with Crippen molar-refractivity contribution >= 4 is 11.6 Å². The summed E-state index contributed by atoms with van der Waals surface area (Å²) in [6.45, 7) is 4.32. The second kappa shape index (κ2) is 7.75. The molecule has 0 fully saturated rings. The third-order valence-electron chi connectivity index (χ3n) is 3.05. The van der Waals surface area contributed by atoms with E-state index in [9.17, 15) is 4.79 Å². The smallest absolute Gasteiger partial charge is 0.251 e. The van der Waals surface area contributed by atoms with Gasteiger partial charge in [-0.3, -0.25) is 4.79 Å². The molecule has 0 aliphatic heterocycles. The van der Waals surface area contributed by atoms with E-state index in [-0.39, 0.29) is 5.91 Å². The second-order valence-electron chi connectivity index (χ2n) is 4.72. The molecule has 18 heavy (non-hydrogen) atoms. The van der Waals surface area contributed by atoms with Crippen molar-refractivity contribution in [1.82, 2.24) is 5.32 Å². The first-order valence-electron chi connectivity index (χ1n) is 6.83. The van der Waals surface area contributed by atoms with Gasteiger partial charge in [0.2, 0.25) is 0 Å². The van der Waals surface area contributed by atoms with E-state index < -0.39 is 0 Å². The number of hydrogen-bond donors (Lipinski definition) is 2. The molecule has 3 nitrogen and oxygen atoms in total. The monoisotopic (exact) mass is 248 g/mol. The summed E-state index contributed by atoms with van der Waals surface area (Å²) in [6.07, 6.45) is 5.52. The molecule has 0 radical (unpaired) electrons. The van der Waals surface area contributed by atoms with Crippen LogP contribution in [0, 0.1) is 0 Å². The Morgan fingerprint density at radius 1 is 1.17 bits per heavy atom. The minimum absolute atomic E-state index is 0.00422. The normalized spacial score (nSPS) is 12.1. The lowest BCUT2D eigenvalue weighted by atomic mass is 10.0. The minimum atomic E-state index is 0.00422. The first kappa shape index (κ1) is 14.6. The maximum absolute atomic E-state index is 12.1. The highest BCUT2D eigenvalue weighted by atomic mass is 16.1. The molecule has 0 spiro atoms. The summed E-state index contributed by atoms with van der Waals surface area (Å²) in [4.78, 5) is 12.1. The van der Waals surface area contributed by atoms with Gasteiger partial charge in [-0.25, -0.2) is 0 Å². The van der Waals surface area contributed by atoms with Crippen molar-refractivity contribution in [2.45, 2.75) is 52.0 Å². The van der Waals surface area contributed by atoms with E-state index in [2.05, 4.69) is 19.2 Å². The van der Waals surface area contributed by atoms with Crippen LogP contribution in [0.1, 0.15) is 56.3 Å². The standard InChI is InChI=1S/C15H24N2O/c1-3-5-7-14(6-4-2)17-15(18)12-8-10-13(16)11-9-12/h8-11,14H,3-7,16H2,1-2H3,(H,17,18). The van der Waals surface area contributed by atoms with Crippen molar-refractivity contribution in [1.29, 1.82) is 0 Å². The molecule has 1 unspecified atom stereocenters. The molecule has 1 aromatic rings. The third kappa shape index (κ3) is 4.78. The molecule has 0 bridgehead atoms. The lowest BCUT2D eigenvalue weighted by molar-refractivity contribution is 0.0932. The van der Waals surface area contributed by atoms with Crippen LogP contribution in [0.15, 0.2) is 24.3 Å². The molecule has 3 N–H and O–H groups in total. The van der Waals surface area contributed by atoms with Gasteiger partial charge in [0.05, 0.1) is 0 Å². The Bertz CT molecular complexity index is 359. The number of unbranched alkanes of at least 4 members (excludes halogenated alkanes) is 1. The number of nitrogens with two attached hydrogens (primary N) is 1. The summed E-state index contributed by atoms with van der Waals surface area (Å²) >= 11 is 0. The zero-order valence-corrected chi connectivity index (χ0v) is 11.4. The van der Waals surface area contributed by atoms with Crippen LogP contribution in [0.4, 0.5) is 5.69 Å². The quantitative estimate of drug-likeness (QED) is 0.727. The number of carbonyl (C=O) groups is 1. The SMILES string of the molecule is CCCCC(CCC)NC(=O)c1ccc(N)cc1. The van der Waals surface area contributed by atoms with Gasteiger partial charge in [-0.05, 0) is 37.1 Å². The van der Waals surface area contributed by atoms with Crippen LogP contribution in [0.5, 0.6) is 0 Å². The first-order valence-corrected chi connectivity index (χ1v) is 6.83. The molecule has 0 saturated carbocycles. The van der Waals surface area contributed by atoms with Crippen molar-refractivity contribution in [3.05, 3.63) is 29.8 Å². The lowest BCUT2D eigenvalue weighted by Gasteiger charge is -2.17. The Labute approximate surface area is 110 Å². The number of nitrogens with one attached hydrogen (secondary N) is 1. The molecule has 0 aliphatic rings. The molecule has 1 aromatic carbocycles. The van der Waals surface area contributed by atoms with Gasteiger partial charge in [0, 0.05) is 17.3 Å². The van der Waals surface area contributed by atoms with Crippen LogP contribution in [0.25, 0.3) is 0 Å².